The van der Waals surface area contributed by atoms with Crippen LogP contribution in [0.5, 0.6) is 0 Å². The molecule has 1 amide bonds. The van der Waals surface area contributed by atoms with Crippen LogP contribution in [0.3, 0.4) is 0 Å². The van der Waals surface area contributed by atoms with Crippen LogP contribution in [-0.4, -0.2) is 23.7 Å². The molecule has 17 heavy (non-hydrogen) atoms. The number of hydrogen-bond acceptors (Lipinski definition) is 2. The van der Waals surface area contributed by atoms with E-state index in [1.165, 1.54) is 0 Å². The quantitative estimate of drug-likeness (QED) is 0.793. The van der Waals surface area contributed by atoms with Crippen molar-refractivity contribution in [2.24, 2.45) is 17.3 Å². The van der Waals surface area contributed by atoms with Crippen LogP contribution in [0, 0.1) is 17.3 Å². The molecule has 3 unspecified atom stereocenters. The number of aliphatic hydroxyl groups excluding tert-OH is 1. The van der Waals surface area contributed by atoms with Crippen LogP contribution in [-0.2, 0) is 4.79 Å². The van der Waals surface area contributed by atoms with Crippen LogP contribution in [0.4, 0.5) is 0 Å². The average Bonchev–Trinajstić information content (AvgIpc) is 2.63. The zero-order valence-electron chi connectivity index (χ0n) is 11.6. The highest BCUT2D eigenvalue weighted by atomic mass is 16.3. The van der Waals surface area contributed by atoms with Gasteiger partial charge in [0.1, 0.15) is 0 Å². The van der Waals surface area contributed by atoms with E-state index in [-0.39, 0.29) is 29.9 Å². The highest BCUT2D eigenvalue weighted by Crippen LogP contribution is 2.29. The van der Waals surface area contributed by atoms with E-state index >= 15 is 0 Å². The van der Waals surface area contributed by atoms with E-state index in [0.29, 0.717) is 12.3 Å². The predicted molar refractivity (Wildman–Crippen MR) is 69.6 cm³/mol. The molecule has 1 aliphatic rings. The molecule has 2 N–H and O–H groups in total. The highest BCUT2D eigenvalue weighted by molar-refractivity contribution is 5.76. The third-order valence-corrected chi connectivity index (χ3v) is 4.21. The zero-order chi connectivity index (χ0) is 13.1. The van der Waals surface area contributed by atoms with Gasteiger partial charge in [0.15, 0.2) is 0 Å². The fourth-order valence-corrected chi connectivity index (χ4v) is 2.30. The Labute approximate surface area is 105 Å². The SMILES string of the molecule is CC(CC(=O)NC1CCCC1CO)C(C)(C)C. The minimum Gasteiger partial charge on any atom is -0.396 e. The van der Waals surface area contributed by atoms with Crippen molar-refractivity contribution >= 4 is 5.91 Å². The molecule has 0 aromatic rings. The Balaban J connectivity index is 2.39. The van der Waals surface area contributed by atoms with Crippen molar-refractivity contribution in [1.82, 2.24) is 5.32 Å². The molecule has 100 valence electrons. The third-order valence-electron chi connectivity index (χ3n) is 4.21. The second kappa shape index (κ2) is 5.85. The van der Waals surface area contributed by atoms with Gasteiger partial charge in [0, 0.05) is 25.0 Å². The number of aliphatic hydroxyl groups is 1. The van der Waals surface area contributed by atoms with Crippen molar-refractivity contribution in [2.45, 2.75) is 59.4 Å². The van der Waals surface area contributed by atoms with Gasteiger partial charge in [0.2, 0.25) is 5.91 Å². The molecule has 0 aromatic heterocycles. The lowest BCUT2D eigenvalue weighted by molar-refractivity contribution is -0.123. The lowest BCUT2D eigenvalue weighted by atomic mass is 9.80. The van der Waals surface area contributed by atoms with E-state index in [4.69, 9.17) is 0 Å². The van der Waals surface area contributed by atoms with Gasteiger partial charge < -0.3 is 10.4 Å². The largest absolute Gasteiger partial charge is 0.396 e. The summed E-state index contributed by atoms with van der Waals surface area (Å²) in [6.07, 6.45) is 3.75. The molecule has 0 spiro atoms. The molecule has 3 heteroatoms. The Hall–Kier alpha value is -0.570. The van der Waals surface area contributed by atoms with Crippen molar-refractivity contribution < 1.29 is 9.90 Å². The fraction of sp³-hybridized carbons (Fsp3) is 0.929. The summed E-state index contributed by atoms with van der Waals surface area (Å²) in [5.74, 6) is 0.776. The molecule has 1 aliphatic carbocycles. The molecule has 1 saturated carbocycles. The first-order valence-corrected chi connectivity index (χ1v) is 6.74. The Bertz CT molecular complexity index is 257. The monoisotopic (exact) mass is 241 g/mol. The summed E-state index contributed by atoms with van der Waals surface area (Å²) >= 11 is 0. The Kier molecular flexibility index (Phi) is 4.99. The topological polar surface area (TPSA) is 49.3 Å². The molecule has 0 bridgehead atoms. The van der Waals surface area contributed by atoms with Crippen molar-refractivity contribution in [3.05, 3.63) is 0 Å². The van der Waals surface area contributed by atoms with Crippen LogP contribution >= 0.6 is 0 Å². The Morgan fingerprint density at radius 1 is 1.41 bits per heavy atom. The van der Waals surface area contributed by atoms with Crippen molar-refractivity contribution in [1.29, 1.82) is 0 Å². The van der Waals surface area contributed by atoms with Gasteiger partial charge in [-0.1, -0.05) is 34.1 Å². The van der Waals surface area contributed by atoms with E-state index in [1.54, 1.807) is 0 Å². The minimum absolute atomic E-state index is 0.137. The van der Waals surface area contributed by atoms with E-state index in [0.717, 1.165) is 19.3 Å². The third kappa shape index (κ3) is 4.30. The maximum Gasteiger partial charge on any atom is 0.220 e. The number of nitrogens with one attached hydrogen (secondary N) is 1. The predicted octanol–water partition coefficient (Wildman–Crippen LogP) is 2.34. The first kappa shape index (κ1) is 14.5. The second-order valence-electron chi connectivity index (χ2n) is 6.52. The first-order valence-electron chi connectivity index (χ1n) is 6.74. The summed E-state index contributed by atoms with van der Waals surface area (Å²) in [5, 5.41) is 12.3. The summed E-state index contributed by atoms with van der Waals surface area (Å²) in [5.41, 5.74) is 0.170. The zero-order valence-corrected chi connectivity index (χ0v) is 11.6. The number of amides is 1. The molecule has 3 nitrogen and oxygen atoms in total. The lowest BCUT2D eigenvalue weighted by Crippen LogP contribution is -2.40. The van der Waals surface area contributed by atoms with Crippen LogP contribution in [0.25, 0.3) is 0 Å². The molecule has 0 heterocycles. The normalized spacial score (nSPS) is 26.9. The minimum atomic E-state index is 0.137. The smallest absolute Gasteiger partial charge is 0.220 e. The highest BCUT2D eigenvalue weighted by Gasteiger charge is 2.29. The van der Waals surface area contributed by atoms with Gasteiger partial charge in [-0.2, -0.15) is 0 Å². The summed E-state index contributed by atoms with van der Waals surface area (Å²) in [6, 6.07) is 0.194. The summed E-state index contributed by atoms with van der Waals surface area (Å²) in [4.78, 5) is 11.9. The average molecular weight is 241 g/mol. The molecule has 0 aromatic carbocycles. The van der Waals surface area contributed by atoms with Crippen LogP contribution in [0.2, 0.25) is 0 Å². The number of hydrogen-bond donors (Lipinski definition) is 2. The molecule has 0 saturated heterocycles. The number of rotatable bonds is 4. The maximum atomic E-state index is 11.9. The van der Waals surface area contributed by atoms with Gasteiger partial charge in [-0.3, -0.25) is 4.79 Å². The molecule has 3 atom stereocenters. The molecule has 1 fully saturated rings. The first-order chi connectivity index (χ1) is 7.84. The summed E-state index contributed by atoms with van der Waals surface area (Å²) in [6.45, 7) is 8.81. The van der Waals surface area contributed by atoms with Crippen molar-refractivity contribution in [3.8, 4) is 0 Å². The van der Waals surface area contributed by atoms with Gasteiger partial charge in [0.05, 0.1) is 0 Å². The van der Waals surface area contributed by atoms with E-state index in [1.807, 2.05) is 0 Å². The van der Waals surface area contributed by atoms with Gasteiger partial charge in [-0.05, 0) is 24.2 Å². The standard InChI is InChI=1S/C14H27NO2/c1-10(14(2,3)4)8-13(17)15-12-7-5-6-11(12)9-16/h10-12,16H,5-9H2,1-4H3,(H,15,17). The molecule has 1 rings (SSSR count). The maximum absolute atomic E-state index is 11.9. The number of carbonyl (C=O) groups is 1. The van der Waals surface area contributed by atoms with E-state index < -0.39 is 0 Å². The van der Waals surface area contributed by atoms with E-state index in [2.05, 4.69) is 33.0 Å². The van der Waals surface area contributed by atoms with Crippen molar-refractivity contribution in [2.75, 3.05) is 6.61 Å². The van der Waals surface area contributed by atoms with Crippen molar-refractivity contribution in [3.63, 3.8) is 0 Å². The van der Waals surface area contributed by atoms with Crippen LogP contribution in [0.15, 0.2) is 0 Å². The molecule has 0 radical (unpaired) electrons. The van der Waals surface area contributed by atoms with Gasteiger partial charge in [0.25, 0.3) is 0 Å². The lowest BCUT2D eigenvalue weighted by Gasteiger charge is -2.28. The Morgan fingerprint density at radius 3 is 2.59 bits per heavy atom. The van der Waals surface area contributed by atoms with Crippen LogP contribution < -0.4 is 5.32 Å². The van der Waals surface area contributed by atoms with Gasteiger partial charge >= 0.3 is 0 Å². The molecular weight excluding hydrogens is 214 g/mol. The second-order valence-corrected chi connectivity index (χ2v) is 6.52. The fourth-order valence-electron chi connectivity index (χ4n) is 2.30. The van der Waals surface area contributed by atoms with Gasteiger partial charge in [-0.15, -0.1) is 0 Å². The van der Waals surface area contributed by atoms with Gasteiger partial charge in [-0.25, -0.2) is 0 Å². The molecule has 0 aliphatic heterocycles. The van der Waals surface area contributed by atoms with Crippen LogP contribution in [0.1, 0.15) is 53.4 Å². The van der Waals surface area contributed by atoms with E-state index in [9.17, 15) is 9.90 Å². The number of carbonyl (C=O) groups excluding carboxylic acids is 1. The summed E-state index contributed by atoms with van der Waals surface area (Å²) in [7, 11) is 0. The Morgan fingerprint density at radius 2 is 2.06 bits per heavy atom. The molecular formula is C14H27NO2. The summed E-state index contributed by atoms with van der Waals surface area (Å²) < 4.78 is 0.